The number of amides is 1. The van der Waals surface area contributed by atoms with Crippen molar-refractivity contribution < 1.29 is 28.6 Å². The van der Waals surface area contributed by atoms with Crippen molar-refractivity contribution in [3.05, 3.63) is 29.8 Å². The average Bonchev–Trinajstić information content (AvgIpc) is 2.45. The van der Waals surface area contributed by atoms with Gasteiger partial charge in [0.05, 0.1) is 12.7 Å². The third-order valence-electron chi connectivity index (χ3n) is 2.22. The van der Waals surface area contributed by atoms with Crippen molar-refractivity contribution in [2.75, 3.05) is 32.8 Å². The Balaban J connectivity index is 2.46. The lowest BCUT2D eigenvalue weighted by Crippen LogP contribution is -2.22. The molecule has 1 N–H and O–H groups in total. The summed E-state index contributed by atoms with van der Waals surface area (Å²) in [5.41, 5.74) is 0.850. The first-order valence-corrected chi connectivity index (χ1v) is 5.69. The number of rotatable bonds is 6. The monoisotopic (exact) mass is 281 g/mol. The second kappa shape index (κ2) is 7.90. The van der Waals surface area contributed by atoms with Crippen LogP contribution in [0, 0.1) is 0 Å². The third kappa shape index (κ3) is 5.07. The second-order valence-corrected chi connectivity index (χ2v) is 3.71. The molecular weight excluding hydrogens is 266 g/mol. The molecule has 1 aromatic rings. The molecule has 108 valence electrons. The smallest absolute Gasteiger partial charge is 0.337 e. The van der Waals surface area contributed by atoms with Gasteiger partial charge in [0.25, 0.3) is 5.91 Å². The lowest BCUT2D eigenvalue weighted by Gasteiger charge is -2.07. The largest absolute Gasteiger partial charge is 0.465 e. The van der Waals surface area contributed by atoms with Crippen molar-refractivity contribution in [1.29, 1.82) is 0 Å². The van der Waals surface area contributed by atoms with E-state index in [4.69, 9.17) is 0 Å². The van der Waals surface area contributed by atoms with Crippen LogP contribution < -0.4 is 5.32 Å². The van der Waals surface area contributed by atoms with Gasteiger partial charge in [-0.3, -0.25) is 4.79 Å². The van der Waals surface area contributed by atoms with Crippen molar-refractivity contribution in [2.24, 2.45) is 0 Å². The summed E-state index contributed by atoms with van der Waals surface area (Å²) < 4.78 is 13.7. The predicted octanol–water partition coefficient (Wildman–Crippen LogP) is 0.601. The minimum absolute atomic E-state index is 0.207. The normalized spacial score (nSPS) is 9.70. The van der Waals surface area contributed by atoms with E-state index in [1.54, 1.807) is 12.1 Å². The van der Waals surface area contributed by atoms with Crippen LogP contribution in [0.3, 0.4) is 0 Å². The molecule has 1 amide bonds. The zero-order valence-corrected chi connectivity index (χ0v) is 11.2. The summed E-state index contributed by atoms with van der Waals surface area (Å²) >= 11 is 0. The molecule has 0 aliphatic carbocycles. The van der Waals surface area contributed by atoms with Crippen LogP contribution in [0.5, 0.6) is 0 Å². The summed E-state index contributed by atoms with van der Waals surface area (Å²) in [6, 6.07) is 6.11. The van der Waals surface area contributed by atoms with Gasteiger partial charge in [-0.25, -0.2) is 9.59 Å². The van der Waals surface area contributed by atoms with Crippen LogP contribution in [0.2, 0.25) is 0 Å². The molecule has 7 heteroatoms. The molecule has 7 nitrogen and oxygen atoms in total. The van der Waals surface area contributed by atoms with Gasteiger partial charge < -0.3 is 19.5 Å². The Kier molecular flexibility index (Phi) is 6.18. The van der Waals surface area contributed by atoms with Crippen LogP contribution >= 0.6 is 0 Å². The van der Waals surface area contributed by atoms with Crippen LogP contribution in [-0.4, -0.2) is 45.3 Å². The van der Waals surface area contributed by atoms with E-state index < -0.39 is 24.5 Å². The molecule has 0 saturated carbocycles. The Bertz CT molecular complexity index is 482. The van der Waals surface area contributed by atoms with Crippen LogP contribution in [0.4, 0.5) is 5.69 Å². The van der Waals surface area contributed by atoms with Crippen LogP contribution in [0.1, 0.15) is 10.4 Å². The Hall–Kier alpha value is -2.41. The van der Waals surface area contributed by atoms with Crippen molar-refractivity contribution in [2.45, 2.75) is 0 Å². The molecule has 0 aromatic heterocycles. The summed E-state index contributed by atoms with van der Waals surface area (Å²) in [7, 11) is 2.64. The highest BCUT2D eigenvalue weighted by Crippen LogP contribution is 2.10. The fourth-order valence-corrected chi connectivity index (χ4v) is 1.31. The average molecular weight is 281 g/mol. The highest BCUT2D eigenvalue weighted by Gasteiger charge is 2.08. The number of nitrogens with one attached hydrogen (secondary N) is 1. The number of hydrogen-bond donors (Lipinski definition) is 1. The number of ether oxygens (including phenoxy) is 3. The van der Waals surface area contributed by atoms with E-state index in [1.165, 1.54) is 26.4 Å². The van der Waals surface area contributed by atoms with Gasteiger partial charge in [0.2, 0.25) is 0 Å². The molecule has 0 radical (unpaired) electrons. The van der Waals surface area contributed by atoms with Crippen molar-refractivity contribution in [1.82, 2.24) is 0 Å². The zero-order chi connectivity index (χ0) is 15.0. The van der Waals surface area contributed by atoms with E-state index in [0.717, 1.165) is 0 Å². The fraction of sp³-hybridized carbons (Fsp3) is 0.308. The molecule has 0 bridgehead atoms. The first kappa shape index (κ1) is 15.6. The maximum absolute atomic E-state index is 11.5. The number of anilines is 1. The molecular formula is C13H15NO6. The van der Waals surface area contributed by atoms with E-state index in [-0.39, 0.29) is 6.61 Å². The first-order chi connectivity index (χ1) is 9.56. The van der Waals surface area contributed by atoms with Gasteiger partial charge in [-0.05, 0) is 24.3 Å². The summed E-state index contributed by atoms with van der Waals surface area (Å²) in [6.07, 6.45) is 0. The molecule has 1 rings (SSSR count). The summed E-state index contributed by atoms with van der Waals surface area (Å²) in [4.78, 5) is 33.7. The van der Waals surface area contributed by atoms with E-state index >= 15 is 0 Å². The number of esters is 2. The minimum Gasteiger partial charge on any atom is -0.465 e. The van der Waals surface area contributed by atoms with Gasteiger partial charge in [0.15, 0.2) is 6.61 Å². The number of methoxy groups -OCH3 is 2. The van der Waals surface area contributed by atoms with Gasteiger partial charge in [0.1, 0.15) is 6.61 Å². The molecule has 0 saturated heterocycles. The van der Waals surface area contributed by atoms with Crippen LogP contribution in [0.15, 0.2) is 24.3 Å². The molecule has 20 heavy (non-hydrogen) atoms. The molecule has 0 heterocycles. The lowest BCUT2D eigenvalue weighted by atomic mass is 10.2. The Morgan fingerprint density at radius 2 is 1.70 bits per heavy atom. The standard InChI is InChI=1S/C13H15NO6/c1-18-8-12(16)20-7-11(15)14-10-5-3-9(4-6-10)13(17)19-2/h3-6H,7-8H2,1-2H3,(H,14,15). The highest BCUT2D eigenvalue weighted by atomic mass is 16.6. The molecule has 0 aliphatic heterocycles. The maximum atomic E-state index is 11.5. The van der Waals surface area contributed by atoms with Gasteiger partial charge in [-0.1, -0.05) is 0 Å². The lowest BCUT2D eigenvalue weighted by molar-refractivity contribution is -0.150. The molecule has 1 aromatic carbocycles. The Morgan fingerprint density at radius 1 is 1.05 bits per heavy atom. The third-order valence-corrected chi connectivity index (χ3v) is 2.22. The molecule has 0 aliphatic rings. The SMILES string of the molecule is COCC(=O)OCC(=O)Nc1ccc(C(=O)OC)cc1. The topological polar surface area (TPSA) is 90.9 Å². The van der Waals surface area contributed by atoms with E-state index in [0.29, 0.717) is 11.3 Å². The van der Waals surface area contributed by atoms with Gasteiger partial charge >= 0.3 is 11.9 Å². The molecule has 0 spiro atoms. The number of carbonyl (C=O) groups excluding carboxylic acids is 3. The molecule has 0 fully saturated rings. The summed E-state index contributed by atoms with van der Waals surface area (Å²) in [5, 5.41) is 2.51. The maximum Gasteiger partial charge on any atom is 0.337 e. The quantitative estimate of drug-likeness (QED) is 0.768. The number of benzene rings is 1. The van der Waals surface area contributed by atoms with Crippen molar-refractivity contribution >= 4 is 23.5 Å². The molecule has 0 unspecified atom stereocenters. The Morgan fingerprint density at radius 3 is 2.25 bits per heavy atom. The zero-order valence-electron chi connectivity index (χ0n) is 11.2. The van der Waals surface area contributed by atoms with Crippen molar-refractivity contribution in [3.8, 4) is 0 Å². The van der Waals surface area contributed by atoms with E-state index in [2.05, 4.69) is 19.5 Å². The predicted molar refractivity (Wildman–Crippen MR) is 69.2 cm³/mol. The van der Waals surface area contributed by atoms with Crippen molar-refractivity contribution in [3.63, 3.8) is 0 Å². The summed E-state index contributed by atoms with van der Waals surface area (Å²) in [6.45, 7) is -0.609. The van der Waals surface area contributed by atoms with Crippen LogP contribution in [-0.2, 0) is 23.8 Å². The van der Waals surface area contributed by atoms with Gasteiger partial charge in [-0.2, -0.15) is 0 Å². The Labute approximate surface area is 115 Å². The number of carbonyl (C=O) groups is 3. The van der Waals surface area contributed by atoms with Crippen LogP contribution in [0.25, 0.3) is 0 Å². The first-order valence-electron chi connectivity index (χ1n) is 5.69. The molecule has 0 atom stereocenters. The van der Waals surface area contributed by atoms with Gasteiger partial charge in [0, 0.05) is 12.8 Å². The van der Waals surface area contributed by atoms with E-state index in [1.807, 2.05) is 0 Å². The summed E-state index contributed by atoms with van der Waals surface area (Å²) in [5.74, 6) is -1.57. The minimum atomic E-state index is -0.622. The highest BCUT2D eigenvalue weighted by molar-refractivity contribution is 5.94. The van der Waals surface area contributed by atoms with Gasteiger partial charge in [-0.15, -0.1) is 0 Å². The van der Waals surface area contributed by atoms with E-state index in [9.17, 15) is 14.4 Å². The number of hydrogen-bond acceptors (Lipinski definition) is 6. The fourth-order valence-electron chi connectivity index (χ4n) is 1.31. The second-order valence-electron chi connectivity index (χ2n) is 3.71.